The van der Waals surface area contributed by atoms with Crippen LogP contribution >= 0.6 is 0 Å². The van der Waals surface area contributed by atoms with Gasteiger partial charge >= 0.3 is 0 Å². The molecule has 6 nitrogen and oxygen atoms in total. The molecule has 1 aromatic rings. The summed E-state index contributed by atoms with van der Waals surface area (Å²) in [6.07, 6.45) is 1.51. The normalized spacial score (nSPS) is 17.5. The highest BCUT2D eigenvalue weighted by Gasteiger charge is 2.23. The second-order valence-corrected chi connectivity index (χ2v) is 6.71. The van der Waals surface area contributed by atoms with Crippen molar-refractivity contribution in [3.63, 3.8) is 0 Å². The number of hydrogen-bond acceptors (Lipinski definition) is 3. The number of nitrogens with one attached hydrogen (secondary N) is 2. The van der Waals surface area contributed by atoms with Crippen molar-refractivity contribution in [2.45, 2.75) is 32.7 Å². The summed E-state index contributed by atoms with van der Waals surface area (Å²) < 4.78 is 0. The molecule has 1 saturated heterocycles. The van der Waals surface area contributed by atoms with E-state index >= 15 is 0 Å². The first-order valence-electron chi connectivity index (χ1n) is 9.06. The van der Waals surface area contributed by atoms with Gasteiger partial charge in [0.15, 0.2) is 5.96 Å². The van der Waals surface area contributed by atoms with Gasteiger partial charge in [0.1, 0.15) is 0 Å². The molecule has 0 aromatic heterocycles. The Hall–Kier alpha value is -2.24. The Kier molecular flexibility index (Phi) is 7.10. The summed E-state index contributed by atoms with van der Waals surface area (Å²) in [6, 6.07) is 9.05. The number of guanidine groups is 1. The predicted octanol–water partition coefficient (Wildman–Crippen LogP) is 1.61. The zero-order chi connectivity index (χ0) is 18.2. The molecule has 1 fully saturated rings. The van der Waals surface area contributed by atoms with Gasteiger partial charge < -0.3 is 20.4 Å². The minimum Gasteiger partial charge on any atom is -0.369 e. The lowest BCUT2D eigenvalue weighted by molar-refractivity contribution is -0.128. The number of benzene rings is 1. The van der Waals surface area contributed by atoms with Crippen molar-refractivity contribution >= 4 is 17.6 Å². The molecular formula is C19H31N5O. The third kappa shape index (κ3) is 5.96. The molecule has 25 heavy (non-hydrogen) atoms. The molecule has 0 saturated carbocycles. The number of aliphatic imine (C=N–C) groups is 1. The molecule has 1 heterocycles. The number of nitrogens with zero attached hydrogens (tertiary/aromatic N) is 3. The van der Waals surface area contributed by atoms with E-state index in [-0.39, 0.29) is 5.91 Å². The van der Waals surface area contributed by atoms with E-state index in [4.69, 9.17) is 0 Å². The molecule has 6 heteroatoms. The van der Waals surface area contributed by atoms with Crippen LogP contribution in [0.5, 0.6) is 0 Å². The van der Waals surface area contributed by atoms with E-state index in [1.54, 1.807) is 19.0 Å². The van der Waals surface area contributed by atoms with Crippen LogP contribution in [0.1, 0.15) is 25.3 Å². The van der Waals surface area contributed by atoms with Crippen LogP contribution in [0.3, 0.4) is 0 Å². The molecule has 2 N–H and O–H groups in total. The number of carbonyl (C=O) groups excluding carboxylic acids is 1. The van der Waals surface area contributed by atoms with Crippen LogP contribution in [-0.4, -0.2) is 63.1 Å². The average Bonchev–Trinajstić information content (AvgIpc) is 3.04. The van der Waals surface area contributed by atoms with Gasteiger partial charge in [-0.25, -0.2) is 0 Å². The molecule has 1 aromatic carbocycles. The zero-order valence-corrected chi connectivity index (χ0v) is 15.9. The molecule has 1 unspecified atom stereocenters. The van der Waals surface area contributed by atoms with E-state index in [2.05, 4.69) is 58.6 Å². The van der Waals surface area contributed by atoms with Crippen molar-refractivity contribution in [2.75, 3.05) is 45.2 Å². The minimum atomic E-state index is 0.103. The highest BCUT2D eigenvalue weighted by molar-refractivity contribution is 5.81. The number of rotatable bonds is 6. The monoisotopic (exact) mass is 345 g/mol. The number of aryl methyl sites for hydroxylation is 1. The van der Waals surface area contributed by atoms with Crippen LogP contribution < -0.4 is 15.5 Å². The fraction of sp³-hybridized carbons (Fsp3) is 0.579. The Balaban J connectivity index is 1.87. The van der Waals surface area contributed by atoms with Crippen LogP contribution in [0, 0.1) is 6.92 Å². The number of carbonyl (C=O) groups is 1. The Morgan fingerprint density at radius 3 is 2.68 bits per heavy atom. The quantitative estimate of drug-likeness (QED) is 0.607. The van der Waals surface area contributed by atoms with Crippen molar-refractivity contribution in [3.05, 3.63) is 29.8 Å². The maximum atomic E-state index is 11.7. The standard InChI is InChI=1S/C19H31N5O/c1-5-20-19(21-12-10-18(25)23(3)4)22-16-11-13-24(14-16)17-8-6-15(2)7-9-17/h6-9,16H,5,10-14H2,1-4H3,(H2,20,21,22). The second-order valence-electron chi connectivity index (χ2n) is 6.71. The molecular weight excluding hydrogens is 314 g/mol. The lowest BCUT2D eigenvalue weighted by Gasteiger charge is -2.20. The van der Waals surface area contributed by atoms with Crippen LogP contribution in [0.25, 0.3) is 0 Å². The van der Waals surface area contributed by atoms with Gasteiger partial charge in [0, 0.05) is 51.9 Å². The lowest BCUT2D eigenvalue weighted by Crippen LogP contribution is -2.44. The summed E-state index contributed by atoms with van der Waals surface area (Å²) in [6.45, 7) is 7.47. The van der Waals surface area contributed by atoms with Gasteiger partial charge in [0.05, 0.1) is 6.54 Å². The van der Waals surface area contributed by atoms with Gasteiger partial charge in [0.25, 0.3) is 0 Å². The third-order valence-corrected chi connectivity index (χ3v) is 4.37. The van der Waals surface area contributed by atoms with Crippen LogP contribution in [0.2, 0.25) is 0 Å². The maximum absolute atomic E-state index is 11.7. The van der Waals surface area contributed by atoms with Crippen LogP contribution in [-0.2, 0) is 4.79 Å². The smallest absolute Gasteiger partial charge is 0.223 e. The van der Waals surface area contributed by atoms with Gasteiger partial charge in [-0.1, -0.05) is 17.7 Å². The molecule has 138 valence electrons. The summed E-state index contributed by atoms with van der Waals surface area (Å²) in [4.78, 5) is 20.2. The van der Waals surface area contributed by atoms with Gasteiger partial charge in [-0.15, -0.1) is 0 Å². The second kappa shape index (κ2) is 9.30. The number of amides is 1. The van der Waals surface area contributed by atoms with Crippen molar-refractivity contribution in [1.29, 1.82) is 0 Å². The van der Waals surface area contributed by atoms with Crippen molar-refractivity contribution in [1.82, 2.24) is 15.5 Å². The Morgan fingerprint density at radius 2 is 2.04 bits per heavy atom. The summed E-state index contributed by atoms with van der Waals surface area (Å²) in [5.41, 5.74) is 2.56. The Morgan fingerprint density at radius 1 is 1.32 bits per heavy atom. The summed E-state index contributed by atoms with van der Waals surface area (Å²) in [5, 5.41) is 6.77. The first kappa shape index (κ1) is 19.1. The highest BCUT2D eigenvalue weighted by Crippen LogP contribution is 2.20. The number of anilines is 1. The SMILES string of the molecule is CCNC(=NCCC(=O)N(C)C)NC1CCN(c2ccc(C)cc2)C1. The first-order valence-corrected chi connectivity index (χ1v) is 9.06. The number of hydrogen-bond donors (Lipinski definition) is 2. The van der Waals surface area contributed by atoms with E-state index in [1.165, 1.54) is 11.3 Å². The fourth-order valence-corrected chi connectivity index (χ4v) is 2.87. The molecule has 0 radical (unpaired) electrons. The van der Waals surface area contributed by atoms with E-state index < -0.39 is 0 Å². The van der Waals surface area contributed by atoms with Gasteiger partial charge in [-0.2, -0.15) is 0 Å². The maximum Gasteiger partial charge on any atom is 0.223 e. The Labute approximate surface area is 151 Å². The zero-order valence-electron chi connectivity index (χ0n) is 15.9. The van der Waals surface area contributed by atoms with Crippen molar-refractivity contribution in [2.24, 2.45) is 4.99 Å². The summed E-state index contributed by atoms with van der Waals surface area (Å²) >= 11 is 0. The molecule has 1 aliphatic rings. The van der Waals surface area contributed by atoms with Crippen molar-refractivity contribution < 1.29 is 4.79 Å². The van der Waals surface area contributed by atoms with Crippen molar-refractivity contribution in [3.8, 4) is 0 Å². The van der Waals surface area contributed by atoms with Gasteiger partial charge in [-0.3, -0.25) is 9.79 Å². The summed E-state index contributed by atoms with van der Waals surface area (Å²) in [7, 11) is 3.54. The molecule has 0 bridgehead atoms. The van der Waals surface area contributed by atoms with E-state index in [9.17, 15) is 4.79 Å². The van der Waals surface area contributed by atoms with Crippen LogP contribution in [0.4, 0.5) is 5.69 Å². The Bertz CT molecular complexity index is 582. The molecule has 2 rings (SSSR count). The predicted molar refractivity (Wildman–Crippen MR) is 104 cm³/mol. The molecule has 0 spiro atoms. The largest absolute Gasteiger partial charge is 0.369 e. The molecule has 1 amide bonds. The van der Waals surface area contributed by atoms with E-state index in [1.807, 2.05) is 0 Å². The lowest BCUT2D eigenvalue weighted by atomic mass is 10.2. The summed E-state index contributed by atoms with van der Waals surface area (Å²) in [5.74, 6) is 0.899. The third-order valence-electron chi connectivity index (χ3n) is 4.37. The highest BCUT2D eigenvalue weighted by atomic mass is 16.2. The molecule has 0 aliphatic carbocycles. The molecule has 1 aliphatic heterocycles. The van der Waals surface area contributed by atoms with Crippen LogP contribution in [0.15, 0.2) is 29.3 Å². The average molecular weight is 345 g/mol. The van der Waals surface area contributed by atoms with E-state index in [0.717, 1.165) is 32.0 Å². The minimum absolute atomic E-state index is 0.103. The first-order chi connectivity index (χ1) is 12.0. The van der Waals surface area contributed by atoms with E-state index in [0.29, 0.717) is 19.0 Å². The van der Waals surface area contributed by atoms with Gasteiger partial charge in [-0.05, 0) is 32.4 Å². The molecule has 1 atom stereocenters. The fourth-order valence-electron chi connectivity index (χ4n) is 2.87. The van der Waals surface area contributed by atoms with Gasteiger partial charge in [0.2, 0.25) is 5.91 Å². The topological polar surface area (TPSA) is 60.0 Å².